The summed E-state index contributed by atoms with van der Waals surface area (Å²) in [6.07, 6.45) is 5.29. The summed E-state index contributed by atoms with van der Waals surface area (Å²) in [5.41, 5.74) is 1.61. The zero-order chi connectivity index (χ0) is 12.1. The van der Waals surface area contributed by atoms with Crippen molar-refractivity contribution in [3.05, 3.63) is 29.3 Å². The molecule has 0 radical (unpaired) electrons. The first kappa shape index (κ1) is 11.9. The Kier molecular flexibility index (Phi) is 4.00. The SMILES string of the molecule is COc1ccc(COC2CCCC2)cc1C#N. The van der Waals surface area contributed by atoms with Gasteiger partial charge in [-0.15, -0.1) is 0 Å². The Hall–Kier alpha value is -1.53. The number of methoxy groups -OCH3 is 1. The minimum absolute atomic E-state index is 0.405. The minimum Gasteiger partial charge on any atom is -0.495 e. The topological polar surface area (TPSA) is 42.2 Å². The van der Waals surface area contributed by atoms with Gasteiger partial charge in [-0.1, -0.05) is 18.9 Å². The predicted molar refractivity (Wildman–Crippen MR) is 64.8 cm³/mol. The Labute approximate surface area is 102 Å². The van der Waals surface area contributed by atoms with E-state index in [0.717, 1.165) is 5.56 Å². The summed E-state index contributed by atoms with van der Waals surface area (Å²) in [6.45, 7) is 0.587. The maximum absolute atomic E-state index is 8.98. The van der Waals surface area contributed by atoms with Crippen LogP contribution in [0.1, 0.15) is 36.8 Å². The van der Waals surface area contributed by atoms with Crippen molar-refractivity contribution in [3.63, 3.8) is 0 Å². The van der Waals surface area contributed by atoms with Crippen molar-refractivity contribution in [2.75, 3.05) is 7.11 Å². The van der Waals surface area contributed by atoms with Gasteiger partial charge in [-0.3, -0.25) is 0 Å². The van der Waals surface area contributed by atoms with Crippen molar-refractivity contribution in [3.8, 4) is 11.8 Å². The molecule has 0 spiro atoms. The van der Waals surface area contributed by atoms with Crippen LogP contribution in [0.4, 0.5) is 0 Å². The number of hydrogen-bond acceptors (Lipinski definition) is 3. The largest absolute Gasteiger partial charge is 0.495 e. The zero-order valence-corrected chi connectivity index (χ0v) is 10.1. The van der Waals surface area contributed by atoms with Crippen LogP contribution >= 0.6 is 0 Å². The van der Waals surface area contributed by atoms with Gasteiger partial charge in [-0.25, -0.2) is 0 Å². The lowest BCUT2D eigenvalue weighted by atomic mass is 10.1. The van der Waals surface area contributed by atoms with E-state index in [9.17, 15) is 0 Å². The van der Waals surface area contributed by atoms with E-state index in [1.165, 1.54) is 25.7 Å². The van der Waals surface area contributed by atoms with E-state index in [4.69, 9.17) is 14.7 Å². The average molecular weight is 231 g/mol. The number of nitrogens with zero attached hydrogens (tertiary/aromatic N) is 1. The monoisotopic (exact) mass is 231 g/mol. The Morgan fingerprint density at radius 3 is 2.76 bits per heavy atom. The van der Waals surface area contributed by atoms with Gasteiger partial charge in [0.1, 0.15) is 11.8 Å². The molecule has 2 rings (SSSR count). The molecule has 1 aliphatic carbocycles. The van der Waals surface area contributed by atoms with Gasteiger partial charge in [-0.05, 0) is 30.5 Å². The Morgan fingerprint density at radius 2 is 2.12 bits per heavy atom. The highest BCUT2D eigenvalue weighted by Crippen LogP contribution is 2.23. The third-order valence-electron chi connectivity index (χ3n) is 3.17. The van der Waals surface area contributed by atoms with E-state index in [1.54, 1.807) is 7.11 Å². The number of benzene rings is 1. The van der Waals surface area contributed by atoms with Crippen molar-refractivity contribution in [1.82, 2.24) is 0 Å². The molecule has 0 atom stereocenters. The molecule has 0 aromatic heterocycles. The van der Waals surface area contributed by atoms with Gasteiger partial charge in [0, 0.05) is 0 Å². The second kappa shape index (κ2) is 5.70. The quantitative estimate of drug-likeness (QED) is 0.799. The van der Waals surface area contributed by atoms with Crippen molar-refractivity contribution >= 4 is 0 Å². The summed E-state index contributed by atoms with van der Waals surface area (Å²) in [5, 5.41) is 8.98. The maximum atomic E-state index is 8.98. The Balaban J connectivity index is 1.99. The van der Waals surface area contributed by atoms with Crippen LogP contribution < -0.4 is 4.74 Å². The fourth-order valence-electron chi connectivity index (χ4n) is 2.20. The molecule has 0 unspecified atom stereocenters. The lowest BCUT2D eigenvalue weighted by Gasteiger charge is -2.11. The molecule has 1 aromatic carbocycles. The molecular formula is C14H17NO2. The zero-order valence-electron chi connectivity index (χ0n) is 10.1. The molecule has 0 aliphatic heterocycles. The van der Waals surface area contributed by atoms with Crippen molar-refractivity contribution in [1.29, 1.82) is 5.26 Å². The van der Waals surface area contributed by atoms with Gasteiger partial charge >= 0.3 is 0 Å². The Bertz CT molecular complexity index is 417. The van der Waals surface area contributed by atoms with E-state index in [1.807, 2.05) is 18.2 Å². The predicted octanol–water partition coefficient (Wildman–Crippen LogP) is 3.03. The normalized spacial score (nSPS) is 15.8. The highest BCUT2D eigenvalue weighted by Gasteiger charge is 2.15. The van der Waals surface area contributed by atoms with Crippen LogP contribution in [0.2, 0.25) is 0 Å². The first-order chi connectivity index (χ1) is 8.33. The van der Waals surface area contributed by atoms with Gasteiger partial charge in [0.25, 0.3) is 0 Å². The third kappa shape index (κ3) is 2.98. The maximum Gasteiger partial charge on any atom is 0.136 e. The first-order valence-electron chi connectivity index (χ1n) is 6.02. The van der Waals surface area contributed by atoms with Crippen molar-refractivity contribution in [2.45, 2.75) is 38.4 Å². The standard InChI is InChI=1S/C14H17NO2/c1-16-14-7-6-11(8-12(14)9-15)10-17-13-4-2-3-5-13/h6-8,13H,2-5,10H2,1H3. The van der Waals surface area contributed by atoms with Crippen LogP contribution in [0.5, 0.6) is 5.75 Å². The lowest BCUT2D eigenvalue weighted by Crippen LogP contribution is -2.07. The van der Waals surface area contributed by atoms with Gasteiger partial charge in [-0.2, -0.15) is 5.26 Å². The molecule has 1 aromatic rings. The summed E-state index contributed by atoms with van der Waals surface area (Å²) in [7, 11) is 1.57. The van der Waals surface area contributed by atoms with E-state index in [-0.39, 0.29) is 0 Å². The fraction of sp³-hybridized carbons (Fsp3) is 0.500. The molecule has 0 amide bonds. The molecule has 3 heteroatoms. The first-order valence-corrected chi connectivity index (χ1v) is 6.02. The third-order valence-corrected chi connectivity index (χ3v) is 3.17. The second-order valence-electron chi connectivity index (χ2n) is 4.36. The highest BCUT2D eigenvalue weighted by molar-refractivity contribution is 5.45. The van der Waals surface area contributed by atoms with Crippen LogP contribution in [-0.2, 0) is 11.3 Å². The molecule has 90 valence electrons. The number of ether oxygens (including phenoxy) is 2. The molecule has 1 fully saturated rings. The fourth-order valence-corrected chi connectivity index (χ4v) is 2.20. The van der Waals surface area contributed by atoms with E-state index < -0.39 is 0 Å². The van der Waals surface area contributed by atoms with Gasteiger partial charge in [0.2, 0.25) is 0 Å². The van der Waals surface area contributed by atoms with Gasteiger partial charge in [0.05, 0.1) is 25.4 Å². The van der Waals surface area contributed by atoms with E-state index >= 15 is 0 Å². The minimum atomic E-state index is 0.405. The van der Waals surface area contributed by atoms with Crippen LogP contribution in [-0.4, -0.2) is 13.2 Å². The summed E-state index contributed by atoms with van der Waals surface area (Å²) < 4.78 is 10.9. The molecule has 1 saturated carbocycles. The molecule has 17 heavy (non-hydrogen) atoms. The van der Waals surface area contributed by atoms with Gasteiger partial charge in [0.15, 0.2) is 0 Å². The Morgan fingerprint density at radius 1 is 1.35 bits per heavy atom. The molecular weight excluding hydrogens is 214 g/mol. The van der Waals surface area contributed by atoms with E-state index in [2.05, 4.69) is 6.07 Å². The summed E-state index contributed by atoms with van der Waals surface area (Å²) in [5.74, 6) is 0.622. The summed E-state index contributed by atoms with van der Waals surface area (Å²) in [4.78, 5) is 0. The number of nitriles is 1. The van der Waals surface area contributed by atoms with Crippen molar-refractivity contribution in [2.24, 2.45) is 0 Å². The van der Waals surface area contributed by atoms with E-state index in [0.29, 0.717) is 24.0 Å². The number of hydrogen-bond donors (Lipinski definition) is 0. The molecule has 3 nitrogen and oxygen atoms in total. The van der Waals surface area contributed by atoms with Crippen LogP contribution in [0.25, 0.3) is 0 Å². The highest BCUT2D eigenvalue weighted by atomic mass is 16.5. The van der Waals surface area contributed by atoms with Crippen molar-refractivity contribution < 1.29 is 9.47 Å². The summed E-state index contributed by atoms with van der Waals surface area (Å²) in [6, 6.07) is 7.75. The van der Waals surface area contributed by atoms with Crippen LogP contribution in [0, 0.1) is 11.3 Å². The van der Waals surface area contributed by atoms with Crippen LogP contribution in [0.3, 0.4) is 0 Å². The second-order valence-corrected chi connectivity index (χ2v) is 4.36. The molecule has 0 bridgehead atoms. The average Bonchev–Trinajstić information content (AvgIpc) is 2.89. The molecule has 1 aliphatic rings. The lowest BCUT2D eigenvalue weighted by molar-refractivity contribution is 0.0456. The smallest absolute Gasteiger partial charge is 0.136 e. The van der Waals surface area contributed by atoms with Gasteiger partial charge < -0.3 is 9.47 Å². The summed E-state index contributed by atoms with van der Waals surface area (Å²) >= 11 is 0. The molecule has 0 N–H and O–H groups in total. The number of rotatable bonds is 4. The molecule has 0 heterocycles. The molecule has 0 saturated heterocycles. The van der Waals surface area contributed by atoms with Crippen LogP contribution in [0.15, 0.2) is 18.2 Å².